The summed E-state index contributed by atoms with van der Waals surface area (Å²) >= 11 is 0. The van der Waals surface area contributed by atoms with Crippen LogP contribution in [-0.2, 0) is 6.42 Å². The van der Waals surface area contributed by atoms with Crippen molar-refractivity contribution in [1.82, 2.24) is 4.98 Å². The minimum Gasteiger partial charge on any atom is -0.354 e. The summed E-state index contributed by atoms with van der Waals surface area (Å²) in [4.78, 5) is 3.67. The molecule has 30 heavy (non-hydrogen) atoms. The summed E-state index contributed by atoms with van der Waals surface area (Å²) in [5, 5.41) is 19.6. The first-order valence-corrected chi connectivity index (χ1v) is 10.5. The normalized spacial score (nSPS) is 11.7. The summed E-state index contributed by atoms with van der Waals surface area (Å²) in [5.41, 5.74) is 4.32. The van der Waals surface area contributed by atoms with Crippen LogP contribution in [-0.4, -0.2) is 4.98 Å². The molecular formula is C28H20N2. The van der Waals surface area contributed by atoms with Crippen LogP contribution in [0.5, 0.6) is 0 Å². The molecular weight excluding hydrogens is 364 g/mol. The number of H-pyrrole nitrogens is 1. The van der Waals surface area contributed by atoms with Crippen LogP contribution in [0.2, 0.25) is 0 Å². The number of benzene rings is 5. The number of nitrogens with one attached hydrogen (secondary N) is 1. The molecule has 0 radical (unpaired) electrons. The maximum atomic E-state index is 9.52. The maximum absolute atomic E-state index is 9.52. The Morgan fingerprint density at radius 3 is 2.33 bits per heavy atom. The molecule has 0 fully saturated rings. The van der Waals surface area contributed by atoms with Crippen molar-refractivity contribution in [1.29, 1.82) is 5.26 Å². The van der Waals surface area contributed by atoms with Crippen molar-refractivity contribution in [2.24, 2.45) is 0 Å². The Kier molecular flexibility index (Phi) is 3.60. The molecule has 1 heterocycles. The predicted octanol–water partition coefficient (Wildman–Crippen LogP) is 7.60. The average Bonchev–Trinajstić information content (AvgIpc) is 3.18. The number of aromatic amines is 1. The van der Waals surface area contributed by atoms with Crippen molar-refractivity contribution in [2.45, 2.75) is 19.8 Å². The Balaban J connectivity index is 2.03. The second kappa shape index (κ2) is 6.34. The number of nitrogens with zero attached hydrogens (tertiary/aromatic N) is 1. The molecule has 6 aromatic rings. The molecule has 0 saturated carbocycles. The highest BCUT2D eigenvalue weighted by atomic mass is 14.7. The van der Waals surface area contributed by atoms with E-state index >= 15 is 0 Å². The Labute approximate surface area is 174 Å². The molecule has 2 nitrogen and oxygen atoms in total. The first kappa shape index (κ1) is 17.1. The van der Waals surface area contributed by atoms with Gasteiger partial charge in [0.2, 0.25) is 0 Å². The lowest BCUT2D eigenvalue weighted by atomic mass is 9.88. The lowest BCUT2D eigenvalue weighted by molar-refractivity contribution is 0.931. The molecule has 0 aliphatic heterocycles. The quantitative estimate of drug-likeness (QED) is 0.307. The summed E-state index contributed by atoms with van der Waals surface area (Å²) in [7, 11) is 0. The van der Waals surface area contributed by atoms with E-state index in [0.29, 0.717) is 5.56 Å². The summed E-state index contributed by atoms with van der Waals surface area (Å²) in [6, 6.07) is 28.0. The van der Waals surface area contributed by atoms with E-state index < -0.39 is 0 Å². The second-order valence-corrected chi connectivity index (χ2v) is 8.05. The highest BCUT2D eigenvalue weighted by Crippen LogP contribution is 2.43. The van der Waals surface area contributed by atoms with Gasteiger partial charge in [0.25, 0.3) is 0 Å². The van der Waals surface area contributed by atoms with Crippen molar-refractivity contribution >= 4 is 54.1 Å². The fraction of sp³-hybridized carbons (Fsp3) is 0.107. The molecule has 6 rings (SSSR count). The van der Waals surface area contributed by atoms with E-state index in [1.165, 1.54) is 43.3 Å². The largest absolute Gasteiger partial charge is 0.354 e. The summed E-state index contributed by atoms with van der Waals surface area (Å²) in [6.45, 7) is 2.24. The van der Waals surface area contributed by atoms with Crippen LogP contribution in [0.1, 0.15) is 24.5 Å². The van der Waals surface area contributed by atoms with Crippen LogP contribution in [0.15, 0.2) is 72.8 Å². The number of nitriles is 1. The highest BCUT2D eigenvalue weighted by Gasteiger charge is 2.18. The number of rotatable bonds is 2. The molecule has 2 heteroatoms. The van der Waals surface area contributed by atoms with E-state index in [2.05, 4.69) is 72.6 Å². The number of aromatic nitrogens is 1. The number of aryl methyl sites for hydroxylation is 1. The molecule has 142 valence electrons. The first-order valence-electron chi connectivity index (χ1n) is 10.5. The zero-order valence-corrected chi connectivity index (χ0v) is 16.8. The zero-order valence-electron chi connectivity index (χ0n) is 16.8. The smallest absolute Gasteiger partial charge is 0.0991 e. The average molecular weight is 384 g/mol. The Hall–Kier alpha value is -3.83. The third-order valence-electron chi connectivity index (χ3n) is 6.29. The van der Waals surface area contributed by atoms with Crippen molar-refractivity contribution < 1.29 is 0 Å². The topological polar surface area (TPSA) is 39.6 Å². The third-order valence-corrected chi connectivity index (χ3v) is 6.29. The van der Waals surface area contributed by atoms with E-state index in [9.17, 15) is 5.26 Å². The molecule has 0 aliphatic carbocycles. The third kappa shape index (κ3) is 2.24. The van der Waals surface area contributed by atoms with Crippen LogP contribution in [0.25, 0.3) is 54.1 Å². The number of fused-ring (bicyclic) bond motifs is 10. The van der Waals surface area contributed by atoms with Crippen LogP contribution in [0.4, 0.5) is 0 Å². The van der Waals surface area contributed by atoms with Gasteiger partial charge in [-0.2, -0.15) is 5.26 Å². The second-order valence-electron chi connectivity index (χ2n) is 8.05. The highest BCUT2D eigenvalue weighted by molar-refractivity contribution is 6.36. The van der Waals surface area contributed by atoms with E-state index in [4.69, 9.17) is 0 Å². The molecule has 0 spiro atoms. The lowest BCUT2D eigenvalue weighted by Gasteiger charge is -2.15. The molecule has 1 aromatic heterocycles. The number of hydrogen-bond acceptors (Lipinski definition) is 1. The predicted molar refractivity (Wildman–Crippen MR) is 127 cm³/mol. The first-order chi connectivity index (χ1) is 14.8. The monoisotopic (exact) mass is 384 g/mol. The minimum atomic E-state index is 0.693. The Morgan fingerprint density at radius 2 is 1.53 bits per heavy atom. The Bertz CT molecular complexity index is 1660. The van der Waals surface area contributed by atoms with Gasteiger partial charge >= 0.3 is 0 Å². The lowest BCUT2D eigenvalue weighted by Crippen LogP contribution is -1.91. The standard InChI is InChI=1S/C28H20N2/c1-2-7-19-15-18-8-3-4-9-20(18)26-25(19)21-10-5-6-11-22(21)28-27(26)23-14-17(16-29)12-13-24(23)30-28/h3-6,8-15,30H,2,7H2,1H3. The maximum Gasteiger partial charge on any atom is 0.0991 e. The van der Waals surface area contributed by atoms with Gasteiger partial charge in [0.15, 0.2) is 0 Å². The summed E-state index contributed by atoms with van der Waals surface area (Å²) in [6.07, 6.45) is 2.15. The molecule has 5 aromatic carbocycles. The number of hydrogen-bond donors (Lipinski definition) is 1. The van der Waals surface area contributed by atoms with E-state index in [-0.39, 0.29) is 0 Å². The van der Waals surface area contributed by atoms with Gasteiger partial charge in [-0.05, 0) is 51.7 Å². The minimum absolute atomic E-state index is 0.693. The van der Waals surface area contributed by atoms with Gasteiger partial charge in [-0.15, -0.1) is 0 Å². The Morgan fingerprint density at radius 1 is 0.767 bits per heavy atom. The molecule has 0 unspecified atom stereocenters. The van der Waals surface area contributed by atoms with E-state index in [0.717, 1.165) is 29.3 Å². The summed E-state index contributed by atoms with van der Waals surface area (Å²) < 4.78 is 0. The van der Waals surface area contributed by atoms with Gasteiger partial charge in [-0.1, -0.05) is 67.9 Å². The van der Waals surface area contributed by atoms with Crippen LogP contribution in [0.3, 0.4) is 0 Å². The van der Waals surface area contributed by atoms with Crippen molar-refractivity contribution in [3.63, 3.8) is 0 Å². The van der Waals surface area contributed by atoms with Crippen LogP contribution < -0.4 is 0 Å². The van der Waals surface area contributed by atoms with Gasteiger partial charge < -0.3 is 4.98 Å². The van der Waals surface area contributed by atoms with Gasteiger partial charge in [0, 0.05) is 27.1 Å². The molecule has 0 atom stereocenters. The zero-order chi connectivity index (χ0) is 20.2. The van der Waals surface area contributed by atoms with Crippen molar-refractivity contribution in [3.05, 3.63) is 83.9 Å². The molecule has 0 saturated heterocycles. The SMILES string of the molecule is CCCc1cc2ccccc2c2c1c1ccccc1c1[nH]c3ccc(C#N)cc3c12. The molecule has 0 aliphatic rings. The molecule has 0 bridgehead atoms. The summed E-state index contributed by atoms with van der Waals surface area (Å²) in [5.74, 6) is 0. The van der Waals surface area contributed by atoms with Gasteiger partial charge in [-0.25, -0.2) is 0 Å². The molecule has 0 amide bonds. The van der Waals surface area contributed by atoms with E-state index in [1.807, 2.05) is 18.2 Å². The van der Waals surface area contributed by atoms with Gasteiger partial charge in [-0.3, -0.25) is 0 Å². The van der Waals surface area contributed by atoms with Crippen LogP contribution >= 0.6 is 0 Å². The van der Waals surface area contributed by atoms with E-state index in [1.54, 1.807) is 0 Å². The van der Waals surface area contributed by atoms with Crippen molar-refractivity contribution in [3.8, 4) is 6.07 Å². The fourth-order valence-electron chi connectivity index (χ4n) is 5.08. The van der Waals surface area contributed by atoms with Crippen molar-refractivity contribution in [2.75, 3.05) is 0 Å². The van der Waals surface area contributed by atoms with Gasteiger partial charge in [0.05, 0.1) is 17.1 Å². The van der Waals surface area contributed by atoms with Crippen LogP contribution in [0, 0.1) is 11.3 Å². The molecule has 1 N–H and O–H groups in total. The fourth-order valence-corrected chi connectivity index (χ4v) is 5.08. The van der Waals surface area contributed by atoms with Gasteiger partial charge in [0.1, 0.15) is 0 Å².